The van der Waals surface area contributed by atoms with Gasteiger partial charge in [-0.3, -0.25) is 0 Å². The molecule has 0 saturated heterocycles. The van der Waals surface area contributed by atoms with Gasteiger partial charge in [0, 0.05) is 55.0 Å². The maximum absolute atomic E-state index is 7.24. The van der Waals surface area contributed by atoms with Crippen LogP contribution in [-0.4, -0.2) is 4.57 Å². The SMILES string of the molecule is C=C/C=C\c1oc2c(N(C(=C/C)/C=c3\c(=C)c4ccccc4n3-c3ccccc3)c3ccc4oc5ccccc5c4c3)cc3c(c2c1C)-c1ccccc1C3(C(/C=C\C)=C/C)c1c#cccc1. The van der Waals surface area contributed by atoms with Crippen molar-refractivity contribution in [2.45, 2.75) is 33.1 Å². The largest absolute Gasteiger partial charge is 0.456 e. The van der Waals surface area contributed by atoms with Gasteiger partial charge < -0.3 is 18.3 Å². The summed E-state index contributed by atoms with van der Waals surface area (Å²) in [7, 11) is 0. The van der Waals surface area contributed by atoms with Crippen LogP contribution >= 0.6 is 0 Å². The van der Waals surface area contributed by atoms with Gasteiger partial charge in [0.15, 0.2) is 5.58 Å². The topological polar surface area (TPSA) is 34.5 Å². The van der Waals surface area contributed by atoms with Crippen LogP contribution in [0.25, 0.3) is 79.4 Å². The molecular formula is C63H48N2O2. The normalized spacial score (nSPS) is 15.4. The zero-order valence-electron chi connectivity index (χ0n) is 38.1. The number of aromatic nitrogens is 1. The molecule has 1 atom stereocenters. The number of furan rings is 2. The number of aryl methyl sites for hydroxylation is 1. The van der Waals surface area contributed by atoms with E-state index in [2.05, 4.69) is 214 Å². The van der Waals surface area contributed by atoms with Crippen LogP contribution in [0.5, 0.6) is 0 Å². The number of hydrogen-bond acceptors (Lipinski definition) is 3. The molecule has 0 aliphatic heterocycles. The van der Waals surface area contributed by atoms with E-state index in [9.17, 15) is 0 Å². The number of nitrogens with zero attached hydrogens (tertiary/aromatic N) is 2. The van der Waals surface area contributed by atoms with Crippen LogP contribution in [0.4, 0.5) is 11.4 Å². The van der Waals surface area contributed by atoms with Gasteiger partial charge >= 0.3 is 0 Å². The molecule has 0 saturated carbocycles. The van der Waals surface area contributed by atoms with Crippen LogP contribution in [0.15, 0.2) is 209 Å². The van der Waals surface area contributed by atoms with E-state index in [1.165, 1.54) is 5.56 Å². The Morgan fingerprint density at radius 2 is 1.51 bits per heavy atom. The maximum Gasteiger partial charge on any atom is 0.159 e. The Labute approximate surface area is 391 Å². The minimum atomic E-state index is -0.759. The first-order valence-corrected chi connectivity index (χ1v) is 22.8. The van der Waals surface area contributed by atoms with Crippen molar-refractivity contribution in [3.05, 3.63) is 251 Å². The standard InChI is InChI=1S/C63H48N2O2/c1-7-11-34-57-42(6)60-61-50-31-18-21-32-52(50)63(43(9-3)24-8-2,44-25-14-12-15-26-44)53(61)40-56(62(60)67-57)64(47-36-37-59-51(38-47)49-30-20-23-35-58(49)66-59)45(10-4)39-55-41(5)48-29-19-22-33-54(48)65(55)46-27-16-13-17-28-46/h7-14,16-25,27-40H,1,5H2,2-4,6H3/b24-8-,34-11-,43-9+,45-10+,55-39+. The van der Waals surface area contributed by atoms with Crippen molar-refractivity contribution in [2.24, 2.45) is 0 Å². The highest BCUT2D eigenvalue weighted by molar-refractivity contribution is 6.12. The monoisotopic (exact) mass is 864 g/mol. The molecule has 4 nitrogen and oxygen atoms in total. The lowest BCUT2D eigenvalue weighted by Crippen LogP contribution is -2.30. The van der Waals surface area contributed by atoms with Gasteiger partial charge in [0.25, 0.3) is 0 Å². The molecule has 7 aromatic carbocycles. The molecule has 0 amide bonds. The predicted octanol–water partition coefficient (Wildman–Crippen LogP) is 15.2. The molecule has 0 spiro atoms. The highest BCUT2D eigenvalue weighted by atomic mass is 16.3. The molecule has 3 heterocycles. The highest BCUT2D eigenvalue weighted by Crippen LogP contribution is 2.60. The molecule has 4 heteroatoms. The van der Waals surface area contributed by atoms with E-state index in [1.807, 2.05) is 30.4 Å². The molecule has 1 unspecified atom stereocenters. The molecule has 0 radical (unpaired) electrons. The number of benzene rings is 6. The Bertz CT molecular complexity index is 3830. The highest BCUT2D eigenvalue weighted by Gasteiger charge is 2.49. The summed E-state index contributed by atoms with van der Waals surface area (Å²) < 4.78 is 16.0. The fourth-order valence-corrected chi connectivity index (χ4v) is 10.6. The van der Waals surface area contributed by atoms with Gasteiger partial charge in [-0.2, -0.15) is 0 Å². The summed E-state index contributed by atoms with van der Waals surface area (Å²) in [6.07, 6.45) is 16.9. The quantitative estimate of drug-likeness (QED) is 0.128. The average Bonchev–Trinajstić information content (AvgIpc) is 4.09. The molecular weight excluding hydrogens is 817 g/mol. The number of anilines is 2. The van der Waals surface area contributed by atoms with Gasteiger partial charge in [0.2, 0.25) is 0 Å². The van der Waals surface area contributed by atoms with E-state index in [0.29, 0.717) is 0 Å². The van der Waals surface area contributed by atoms with Gasteiger partial charge in [0.1, 0.15) is 16.9 Å². The Hall–Kier alpha value is -8.52. The summed E-state index contributed by atoms with van der Waals surface area (Å²) in [6, 6.07) is 58.2. The number of hydrogen-bond donors (Lipinski definition) is 0. The first kappa shape index (κ1) is 41.2. The predicted molar refractivity (Wildman–Crippen MR) is 280 cm³/mol. The smallest absolute Gasteiger partial charge is 0.159 e. The summed E-state index contributed by atoms with van der Waals surface area (Å²) in [5.41, 5.74) is 14.4. The van der Waals surface area contributed by atoms with Crippen molar-refractivity contribution in [1.29, 1.82) is 0 Å². The van der Waals surface area contributed by atoms with Crippen molar-refractivity contribution in [3.8, 4) is 16.8 Å². The molecule has 1 aliphatic carbocycles. The molecule has 3 aromatic heterocycles. The second-order valence-corrected chi connectivity index (χ2v) is 17.0. The molecule has 0 N–H and O–H groups in total. The number of allylic oxidation sites excluding steroid dienone is 8. The Morgan fingerprint density at radius 1 is 0.746 bits per heavy atom. The minimum Gasteiger partial charge on any atom is -0.456 e. The van der Waals surface area contributed by atoms with E-state index in [4.69, 9.17) is 15.4 Å². The maximum atomic E-state index is 7.24. The lowest BCUT2D eigenvalue weighted by Gasteiger charge is -2.34. The van der Waals surface area contributed by atoms with E-state index in [1.54, 1.807) is 6.08 Å². The van der Waals surface area contributed by atoms with Crippen molar-refractivity contribution in [2.75, 3.05) is 4.90 Å². The lowest BCUT2D eigenvalue weighted by atomic mass is 9.67. The van der Waals surface area contributed by atoms with Crippen LogP contribution in [-0.2, 0) is 5.41 Å². The molecule has 67 heavy (non-hydrogen) atoms. The fraction of sp³-hybridized carbons (Fsp3) is 0.0794. The zero-order valence-corrected chi connectivity index (χ0v) is 38.1. The third-order valence-electron chi connectivity index (χ3n) is 13.5. The van der Waals surface area contributed by atoms with Gasteiger partial charge in [-0.25, -0.2) is 0 Å². The second-order valence-electron chi connectivity index (χ2n) is 17.0. The van der Waals surface area contributed by atoms with Crippen molar-refractivity contribution in [1.82, 2.24) is 4.57 Å². The summed E-state index contributed by atoms with van der Waals surface area (Å²) in [6.45, 7) is 17.3. The minimum absolute atomic E-state index is 0.759. The number of para-hydroxylation sites is 3. The van der Waals surface area contributed by atoms with E-state index < -0.39 is 5.41 Å². The Balaban J connectivity index is 1.32. The first-order valence-electron chi connectivity index (χ1n) is 22.8. The Kier molecular flexibility index (Phi) is 10.1. The van der Waals surface area contributed by atoms with Gasteiger partial charge in [-0.1, -0.05) is 147 Å². The zero-order chi connectivity index (χ0) is 45.8. The van der Waals surface area contributed by atoms with Crippen LogP contribution < -0.4 is 15.5 Å². The third-order valence-corrected chi connectivity index (χ3v) is 13.5. The molecule has 0 bridgehead atoms. The van der Waals surface area contributed by atoms with Gasteiger partial charge in [-0.05, 0) is 128 Å². The lowest BCUT2D eigenvalue weighted by molar-refractivity contribution is 0.601. The van der Waals surface area contributed by atoms with Gasteiger partial charge in [-0.15, -0.1) is 0 Å². The molecule has 11 rings (SSSR count). The summed E-state index contributed by atoms with van der Waals surface area (Å²) >= 11 is 0. The fourth-order valence-electron chi connectivity index (χ4n) is 10.6. The summed E-state index contributed by atoms with van der Waals surface area (Å²) in [5.74, 6) is 0.769. The molecule has 1 aliphatic rings. The number of rotatable bonds is 10. The number of fused-ring (bicyclic) bond motifs is 9. The third kappa shape index (κ3) is 6.23. The van der Waals surface area contributed by atoms with E-state index in [0.717, 1.165) is 116 Å². The van der Waals surface area contributed by atoms with Crippen LogP contribution in [0.2, 0.25) is 0 Å². The average molecular weight is 865 g/mol. The Morgan fingerprint density at radius 3 is 2.28 bits per heavy atom. The molecule has 0 fully saturated rings. The van der Waals surface area contributed by atoms with Crippen LogP contribution in [0.1, 0.15) is 48.8 Å². The first-order chi connectivity index (χ1) is 32.9. The van der Waals surface area contributed by atoms with Gasteiger partial charge in [0.05, 0.1) is 22.0 Å². The van der Waals surface area contributed by atoms with E-state index in [-0.39, 0.29) is 0 Å². The molecule has 10 aromatic rings. The van der Waals surface area contributed by atoms with Crippen LogP contribution in [0.3, 0.4) is 0 Å². The molecule has 322 valence electrons. The van der Waals surface area contributed by atoms with Crippen molar-refractivity contribution < 1.29 is 8.83 Å². The van der Waals surface area contributed by atoms with Crippen molar-refractivity contribution >= 4 is 73.9 Å². The van der Waals surface area contributed by atoms with Crippen molar-refractivity contribution in [3.63, 3.8) is 0 Å². The van der Waals surface area contributed by atoms with Crippen LogP contribution in [0, 0.1) is 19.1 Å². The second kappa shape index (κ2) is 16.5. The summed E-state index contributed by atoms with van der Waals surface area (Å²) in [5, 5.41) is 6.12. The van der Waals surface area contributed by atoms with E-state index >= 15 is 0 Å². The summed E-state index contributed by atoms with van der Waals surface area (Å²) in [4.78, 5) is 2.36.